The normalized spacial score (nSPS) is 15.5. The first kappa shape index (κ1) is 32.4. The van der Waals surface area contributed by atoms with Crippen molar-refractivity contribution in [1.29, 1.82) is 0 Å². The second kappa shape index (κ2) is 13.3. The van der Waals surface area contributed by atoms with Gasteiger partial charge in [-0.2, -0.15) is 22.5 Å². The van der Waals surface area contributed by atoms with Crippen molar-refractivity contribution in [3.05, 3.63) is 29.6 Å². The Balaban J connectivity index is 1.94. The quantitative estimate of drug-likeness (QED) is 0.314. The van der Waals surface area contributed by atoms with E-state index in [9.17, 15) is 22.8 Å². The topological polar surface area (TPSA) is 96.9 Å². The average Bonchev–Trinajstić information content (AvgIpc) is 3.35. The number of esters is 1. The molecule has 13 heteroatoms. The van der Waals surface area contributed by atoms with E-state index in [1.807, 2.05) is 45.9 Å². The maximum Gasteiger partial charge on any atom is 0.452 e. The number of alkyl halides is 3. The summed E-state index contributed by atoms with van der Waals surface area (Å²) in [5.74, 6) is -1.46. The first-order valence-corrected chi connectivity index (χ1v) is 14.5. The number of benzene rings is 1. The Morgan fingerprint density at radius 2 is 1.83 bits per heavy atom. The minimum atomic E-state index is -4.65. The number of carbonyl (C=O) groups is 2. The van der Waals surface area contributed by atoms with Gasteiger partial charge in [-0.15, -0.1) is 0 Å². The van der Waals surface area contributed by atoms with Crippen LogP contribution < -0.4 is 10.2 Å². The molecule has 0 radical (unpaired) electrons. The van der Waals surface area contributed by atoms with Crippen LogP contribution in [0.4, 0.5) is 34.5 Å². The van der Waals surface area contributed by atoms with E-state index < -0.39 is 17.6 Å². The zero-order valence-corrected chi connectivity index (χ0v) is 25.5. The summed E-state index contributed by atoms with van der Waals surface area (Å²) in [4.78, 5) is 32.2. The third kappa shape index (κ3) is 9.20. The molecular weight excluding hydrogens is 559 g/mol. The van der Waals surface area contributed by atoms with Crippen molar-refractivity contribution >= 4 is 40.1 Å². The number of methoxy groups -OCH3 is 1. The van der Waals surface area contributed by atoms with E-state index in [4.69, 9.17) is 9.47 Å². The molecule has 1 saturated heterocycles. The van der Waals surface area contributed by atoms with Gasteiger partial charge in [0, 0.05) is 37.2 Å². The smallest absolute Gasteiger partial charge is 0.452 e. The molecule has 0 spiro atoms. The molecule has 0 saturated carbocycles. The molecule has 2 aromatic rings. The molecule has 1 aliphatic heterocycles. The second-order valence-corrected chi connectivity index (χ2v) is 12.5. The second-order valence-electron chi connectivity index (χ2n) is 11.7. The van der Waals surface area contributed by atoms with Crippen LogP contribution in [0.5, 0.6) is 0 Å². The maximum atomic E-state index is 13.2. The number of carbonyl (C=O) groups excluding carboxylic acids is 2. The third-order valence-corrected chi connectivity index (χ3v) is 7.27. The molecule has 228 valence electrons. The van der Waals surface area contributed by atoms with Crippen LogP contribution in [0.3, 0.4) is 0 Å². The molecule has 1 aliphatic rings. The highest BCUT2D eigenvalue weighted by molar-refractivity contribution is 7.09. The number of halogens is 3. The Bertz CT molecular complexity index is 1190. The molecule has 0 bridgehead atoms. The number of anilines is 3. The predicted octanol–water partition coefficient (Wildman–Crippen LogP) is 6.83. The Hall–Kier alpha value is -3.09. The van der Waals surface area contributed by atoms with Gasteiger partial charge in [0.2, 0.25) is 11.0 Å². The summed E-state index contributed by atoms with van der Waals surface area (Å²) in [6.07, 6.45) is -3.44. The van der Waals surface area contributed by atoms with Gasteiger partial charge in [-0.1, -0.05) is 26.8 Å². The summed E-state index contributed by atoms with van der Waals surface area (Å²) in [5, 5.41) is 3.09. The van der Waals surface area contributed by atoms with E-state index in [1.165, 1.54) is 7.11 Å². The van der Waals surface area contributed by atoms with Crippen molar-refractivity contribution in [2.75, 3.05) is 37.0 Å². The number of nitrogens with zero attached hydrogens (tertiary/aromatic N) is 4. The van der Waals surface area contributed by atoms with Crippen LogP contribution in [0, 0.1) is 5.92 Å². The zero-order valence-electron chi connectivity index (χ0n) is 24.7. The van der Waals surface area contributed by atoms with Crippen molar-refractivity contribution in [3.63, 3.8) is 0 Å². The molecule has 1 N–H and O–H groups in total. The lowest BCUT2D eigenvalue weighted by Gasteiger charge is -2.41. The van der Waals surface area contributed by atoms with Gasteiger partial charge in [0.05, 0.1) is 24.9 Å². The van der Waals surface area contributed by atoms with E-state index in [0.717, 1.165) is 11.3 Å². The lowest BCUT2D eigenvalue weighted by molar-refractivity contribution is -0.144. The van der Waals surface area contributed by atoms with Gasteiger partial charge in [0.25, 0.3) is 0 Å². The number of hydrogen-bond donors (Lipinski definition) is 1. The highest BCUT2D eigenvalue weighted by Crippen LogP contribution is 2.38. The van der Waals surface area contributed by atoms with E-state index in [1.54, 1.807) is 4.90 Å². The molecule has 0 unspecified atom stereocenters. The van der Waals surface area contributed by atoms with Gasteiger partial charge >= 0.3 is 18.2 Å². The minimum absolute atomic E-state index is 0.0144. The predicted molar refractivity (Wildman–Crippen MR) is 153 cm³/mol. The standard InChI is InChI=1S/C28H40F3N5O4S/c1-17(2)16-36(20-10-12-35(13-11-20)26(38)40-27(4,5)6)22-9-8-19(18(3)14-23(37)39-7)15-21(22)32-25-33-24(34-41-25)28(29,30)31/h8-9,15,17-18,20H,10-14,16H2,1-7H3,(H,32,33,34)/t18-/m1/s1. The van der Waals surface area contributed by atoms with Crippen LogP contribution in [0.15, 0.2) is 18.2 Å². The molecule has 1 atom stereocenters. The molecule has 9 nitrogen and oxygen atoms in total. The summed E-state index contributed by atoms with van der Waals surface area (Å²) in [5.41, 5.74) is 1.61. The largest absolute Gasteiger partial charge is 0.469 e. The number of rotatable bonds is 9. The van der Waals surface area contributed by atoms with Gasteiger partial charge < -0.3 is 24.6 Å². The van der Waals surface area contributed by atoms with Crippen LogP contribution in [-0.2, 0) is 20.4 Å². The number of nitrogens with one attached hydrogen (secondary N) is 1. The Labute approximate surface area is 243 Å². The van der Waals surface area contributed by atoms with Gasteiger partial charge in [-0.3, -0.25) is 4.79 Å². The average molecular weight is 600 g/mol. The van der Waals surface area contributed by atoms with E-state index in [0.29, 0.717) is 49.7 Å². The highest BCUT2D eigenvalue weighted by Gasteiger charge is 2.36. The summed E-state index contributed by atoms with van der Waals surface area (Å²) >= 11 is 0.635. The SMILES string of the molecule is COC(=O)C[C@@H](C)c1ccc(N(CC(C)C)C2CCN(C(=O)OC(C)(C)C)CC2)c(Nc2nc(C(F)(F)F)ns2)c1. The van der Waals surface area contributed by atoms with Gasteiger partial charge in [0.1, 0.15) is 5.60 Å². The maximum absolute atomic E-state index is 13.2. The minimum Gasteiger partial charge on any atom is -0.469 e. The summed E-state index contributed by atoms with van der Waals surface area (Å²) in [7, 11) is 1.33. The van der Waals surface area contributed by atoms with Crippen LogP contribution >= 0.6 is 11.5 Å². The first-order valence-electron chi connectivity index (χ1n) is 13.7. The van der Waals surface area contributed by atoms with Gasteiger partial charge in [-0.05, 0) is 63.1 Å². The number of amides is 1. The van der Waals surface area contributed by atoms with E-state index >= 15 is 0 Å². The Morgan fingerprint density at radius 3 is 2.37 bits per heavy atom. The fourth-order valence-corrected chi connectivity index (χ4v) is 5.29. The molecule has 1 fully saturated rings. The highest BCUT2D eigenvalue weighted by atomic mass is 32.1. The van der Waals surface area contributed by atoms with Crippen molar-refractivity contribution in [2.24, 2.45) is 5.92 Å². The number of ether oxygens (including phenoxy) is 2. The van der Waals surface area contributed by atoms with Crippen LogP contribution in [0.2, 0.25) is 0 Å². The Morgan fingerprint density at radius 1 is 1.17 bits per heavy atom. The van der Waals surface area contributed by atoms with Crippen molar-refractivity contribution < 1.29 is 32.2 Å². The lowest BCUT2D eigenvalue weighted by Crippen LogP contribution is -2.49. The van der Waals surface area contributed by atoms with Crippen molar-refractivity contribution in [2.45, 2.75) is 84.5 Å². The molecule has 0 aliphatic carbocycles. The summed E-state index contributed by atoms with van der Waals surface area (Å²) in [6, 6.07) is 5.79. The van der Waals surface area contributed by atoms with Crippen LogP contribution in [0.25, 0.3) is 0 Å². The fraction of sp³-hybridized carbons (Fsp3) is 0.643. The molecular formula is C28H40F3N5O4S. The van der Waals surface area contributed by atoms with Crippen molar-refractivity contribution in [3.8, 4) is 0 Å². The Kier molecular flexibility index (Phi) is 10.5. The van der Waals surface area contributed by atoms with Crippen LogP contribution in [-0.4, -0.2) is 64.7 Å². The van der Waals surface area contributed by atoms with E-state index in [2.05, 4.69) is 33.4 Å². The molecule has 1 aromatic carbocycles. The number of hydrogen-bond acceptors (Lipinski definition) is 9. The monoisotopic (exact) mass is 599 g/mol. The number of aromatic nitrogens is 2. The fourth-order valence-electron chi connectivity index (χ4n) is 4.69. The molecule has 1 aromatic heterocycles. The van der Waals surface area contributed by atoms with E-state index in [-0.39, 0.29) is 41.5 Å². The number of piperidine rings is 1. The van der Waals surface area contributed by atoms with Crippen molar-refractivity contribution in [1.82, 2.24) is 14.3 Å². The molecule has 41 heavy (non-hydrogen) atoms. The first-order chi connectivity index (χ1) is 19.1. The lowest BCUT2D eigenvalue weighted by atomic mass is 9.95. The van der Waals surface area contributed by atoms with Gasteiger partial charge in [-0.25, -0.2) is 4.79 Å². The third-order valence-electron chi connectivity index (χ3n) is 6.64. The molecule has 1 amide bonds. The number of likely N-dealkylation sites (tertiary alicyclic amines) is 1. The zero-order chi connectivity index (χ0) is 30.5. The molecule has 3 rings (SSSR count). The summed E-state index contributed by atoms with van der Waals surface area (Å²) in [6.45, 7) is 13.3. The van der Waals surface area contributed by atoms with Crippen LogP contribution in [0.1, 0.15) is 78.1 Å². The van der Waals surface area contributed by atoms with Gasteiger partial charge in [0.15, 0.2) is 0 Å². The molecule has 2 heterocycles. The summed E-state index contributed by atoms with van der Waals surface area (Å²) < 4.78 is 53.4.